The minimum absolute atomic E-state index is 0.00746. The van der Waals surface area contributed by atoms with Crippen molar-refractivity contribution in [3.8, 4) is 0 Å². The van der Waals surface area contributed by atoms with Gasteiger partial charge in [0.1, 0.15) is 11.4 Å². The number of aromatic nitrogens is 1. The van der Waals surface area contributed by atoms with E-state index in [0.29, 0.717) is 18.6 Å². The van der Waals surface area contributed by atoms with Crippen LogP contribution in [0, 0.1) is 11.2 Å². The van der Waals surface area contributed by atoms with Crippen LogP contribution in [0.4, 0.5) is 10.1 Å². The summed E-state index contributed by atoms with van der Waals surface area (Å²) in [5.41, 5.74) is -0.518. The van der Waals surface area contributed by atoms with Gasteiger partial charge < -0.3 is 19.5 Å². The molecule has 2 aromatic rings. The summed E-state index contributed by atoms with van der Waals surface area (Å²) >= 11 is 6.69. The summed E-state index contributed by atoms with van der Waals surface area (Å²) in [5.74, 6) is -1.97. The maximum atomic E-state index is 15.2. The third kappa shape index (κ3) is 2.73. The summed E-state index contributed by atoms with van der Waals surface area (Å²) in [5, 5.41) is 9.53. The molecule has 30 heavy (non-hydrogen) atoms. The van der Waals surface area contributed by atoms with Gasteiger partial charge in [0.25, 0.3) is 0 Å². The summed E-state index contributed by atoms with van der Waals surface area (Å²) in [6.07, 6.45) is 5.57. The molecule has 2 saturated carbocycles. The highest BCUT2D eigenvalue weighted by molar-refractivity contribution is 6.38. The van der Waals surface area contributed by atoms with Crippen LogP contribution in [0.3, 0.4) is 0 Å². The minimum atomic E-state index is -1.34. The number of fused-ring (bicyclic) bond motifs is 1. The molecule has 1 aliphatic heterocycles. The summed E-state index contributed by atoms with van der Waals surface area (Å²) in [7, 11) is 1.76. The van der Waals surface area contributed by atoms with Crippen LogP contribution in [0.1, 0.15) is 42.1 Å². The molecule has 1 aromatic heterocycles. The molecule has 9 heteroatoms. The standard InChI is InChI=1S/C21H21ClFN3O4/c1-24(10-27)15-7-21(15)4-5-25(9-21)18-14(23)6-12-17(16(18)22)26(11-2-3-11)8-13(19(12)28)20(29)30/h6,8,10-11,15H,2-5,7,9H2,1H3,(H,29,30). The summed E-state index contributed by atoms with van der Waals surface area (Å²) in [6, 6.07) is 1.32. The van der Waals surface area contributed by atoms with Crippen molar-refractivity contribution >= 4 is 40.6 Å². The second kappa shape index (κ2) is 6.44. The van der Waals surface area contributed by atoms with Crippen molar-refractivity contribution in [1.29, 1.82) is 0 Å². The number of carboxylic acid groups (broad SMARTS) is 1. The average Bonchev–Trinajstić information content (AvgIpc) is 3.60. The van der Waals surface area contributed by atoms with Crippen molar-refractivity contribution < 1.29 is 19.1 Å². The number of carboxylic acids is 1. The van der Waals surface area contributed by atoms with Crippen molar-refractivity contribution in [2.24, 2.45) is 5.41 Å². The van der Waals surface area contributed by atoms with E-state index in [1.807, 2.05) is 4.90 Å². The molecule has 5 rings (SSSR count). The summed E-state index contributed by atoms with van der Waals surface area (Å²) < 4.78 is 16.9. The molecule has 3 fully saturated rings. The van der Waals surface area contributed by atoms with Crippen molar-refractivity contribution in [2.75, 3.05) is 25.0 Å². The van der Waals surface area contributed by atoms with E-state index in [4.69, 9.17) is 11.6 Å². The number of amides is 1. The first-order valence-electron chi connectivity index (χ1n) is 10.00. The monoisotopic (exact) mass is 433 g/mol. The molecule has 2 heterocycles. The van der Waals surface area contributed by atoms with E-state index >= 15 is 4.39 Å². The molecule has 7 nitrogen and oxygen atoms in total. The SMILES string of the molecule is CN(C=O)C1CC12CCN(c1c(F)cc3c(=O)c(C(=O)O)cn(C4CC4)c3c1Cl)C2. The van der Waals surface area contributed by atoms with Gasteiger partial charge in [-0.05, 0) is 31.7 Å². The minimum Gasteiger partial charge on any atom is -0.477 e. The van der Waals surface area contributed by atoms with Gasteiger partial charge in [0.2, 0.25) is 11.8 Å². The van der Waals surface area contributed by atoms with E-state index in [9.17, 15) is 19.5 Å². The molecule has 2 aliphatic carbocycles. The third-order valence-corrected chi connectivity index (χ3v) is 7.22. The highest BCUT2D eigenvalue weighted by Gasteiger charge is 2.59. The van der Waals surface area contributed by atoms with Crippen LogP contribution >= 0.6 is 11.6 Å². The fraction of sp³-hybridized carbons (Fsp3) is 0.476. The Morgan fingerprint density at radius 2 is 2.17 bits per heavy atom. The molecule has 0 bridgehead atoms. The highest BCUT2D eigenvalue weighted by atomic mass is 35.5. The van der Waals surface area contributed by atoms with E-state index in [-0.39, 0.29) is 39.2 Å². The smallest absolute Gasteiger partial charge is 0.341 e. The lowest BCUT2D eigenvalue weighted by Crippen LogP contribution is -2.28. The van der Waals surface area contributed by atoms with Gasteiger partial charge in [-0.1, -0.05) is 11.6 Å². The van der Waals surface area contributed by atoms with Crippen LogP contribution in [-0.2, 0) is 4.79 Å². The largest absolute Gasteiger partial charge is 0.477 e. The zero-order chi connectivity index (χ0) is 21.4. The van der Waals surface area contributed by atoms with Crippen LogP contribution in [0.25, 0.3) is 10.9 Å². The van der Waals surface area contributed by atoms with Gasteiger partial charge in [-0.3, -0.25) is 9.59 Å². The Morgan fingerprint density at radius 1 is 1.43 bits per heavy atom. The maximum Gasteiger partial charge on any atom is 0.341 e. The van der Waals surface area contributed by atoms with Gasteiger partial charge in [-0.2, -0.15) is 0 Å². The zero-order valence-corrected chi connectivity index (χ0v) is 17.2. The lowest BCUT2D eigenvalue weighted by atomic mass is 10.1. The number of benzene rings is 1. The van der Waals surface area contributed by atoms with Crippen LogP contribution < -0.4 is 10.3 Å². The number of carbonyl (C=O) groups excluding carboxylic acids is 1. The molecular weight excluding hydrogens is 413 g/mol. The zero-order valence-electron chi connectivity index (χ0n) is 16.4. The highest BCUT2D eigenvalue weighted by Crippen LogP contribution is 2.56. The third-order valence-electron chi connectivity index (χ3n) is 6.86. The Bertz CT molecular complexity index is 1160. The quantitative estimate of drug-likeness (QED) is 0.733. The number of nitrogens with zero attached hydrogens (tertiary/aromatic N) is 3. The van der Waals surface area contributed by atoms with Gasteiger partial charge in [-0.25, -0.2) is 9.18 Å². The predicted octanol–water partition coefficient (Wildman–Crippen LogP) is 2.88. The Balaban J connectivity index is 1.62. The number of pyridine rings is 1. The molecular formula is C21H21ClFN3O4. The van der Waals surface area contributed by atoms with Crippen LogP contribution in [0.5, 0.6) is 0 Å². The van der Waals surface area contributed by atoms with Crippen LogP contribution in [0.2, 0.25) is 5.02 Å². The van der Waals surface area contributed by atoms with Gasteiger partial charge >= 0.3 is 5.97 Å². The van der Waals surface area contributed by atoms with Crippen molar-refractivity contribution in [3.63, 3.8) is 0 Å². The first-order chi connectivity index (χ1) is 14.3. The number of hydrogen-bond donors (Lipinski definition) is 1. The second-order valence-corrected chi connectivity index (χ2v) is 9.14. The van der Waals surface area contributed by atoms with Gasteiger partial charge in [-0.15, -0.1) is 0 Å². The molecule has 1 N–H and O–H groups in total. The van der Waals surface area contributed by atoms with E-state index in [1.165, 1.54) is 6.20 Å². The fourth-order valence-electron chi connectivity index (χ4n) is 5.02. The maximum absolute atomic E-state index is 15.2. The number of anilines is 1. The predicted molar refractivity (Wildman–Crippen MR) is 110 cm³/mol. The van der Waals surface area contributed by atoms with Gasteiger partial charge in [0.05, 0.1) is 21.6 Å². The van der Waals surface area contributed by atoms with Gasteiger partial charge in [0, 0.05) is 43.8 Å². The van der Waals surface area contributed by atoms with E-state index in [0.717, 1.165) is 38.2 Å². The Labute approximate surface area is 176 Å². The molecule has 1 spiro atoms. The number of aromatic carboxylic acids is 1. The second-order valence-electron chi connectivity index (χ2n) is 8.76. The van der Waals surface area contributed by atoms with Gasteiger partial charge in [0.15, 0.2) is 0 Å². The molecule has 2 atom stereocenters. The molecule has 1 saturated heterocycles. The first-order valence-corrected chi connectivity index (χ1v) is 10.4. The average molecular weight is 434 g/mol. The molecule has 0 radical (unpaired) electrons. The van der Waals surface area contributed by atoms with E-state index in [2.05, 4.69) is 0 Å². The van der Waals surface area contributed by atoms with E-state index in [1.54, 1.807) is 16.5 Å². The lowest BCUT2D eigenvalue weighted by Gasteiger charge is -2.24. The fourth-order valence-corrected chi connectivity index (χ4v) is 5.42. The number of carbonyl (C=O) groups is 2. The Hall–Kier alpha value is -2.61. The summed E-state index contributed by atoms with van der Waals surface area (Å²) in [4.78, 5) is 38.9. The number of hydrogen-bond acceptors (Lipinski definition) is 4. The number of rotatable bonds is 5. The molecule has 3 aliphatic rings. The molecule has 1 aromatic carbocycles. The van der Waals surface area contributed by atoms with Crippen molar-refractivity contribution in [1.82, 2.24) is 9.47 Å². The molecule has 158 valence electrons. The molecule has 2 unspecified atom stereocenters. The lowest BCUT2D eigenvalue weighted by molar-refractivity contribution is -0.117. The van der Waals surface area contributed by atoms with Crippen LogP contribution in [-0.4, -0.2) is 53.1 Å². The normalized spacial score (nSPS) is 25.2. The van der Waals surface area contributed by atoms with Crippen molar-refractivity contribution in [2.45, 2.75) is 37.8 Å². The Morgan fingerprint density at radius 3 is 2.80 bits per heavy atom. The summed E-state index contributed by atoms with van der Waals surface area (Å²) in [6.45, 7) is 1.19. The topological polar surface area (TPSA) is 82.8 Å². The van der Waals surface area contributed by atoms with Crippen molar-refractivity contribution in [3.05, 3.63) is 38.9 Å². The number of halogens is 2. The molecule has 1 amide bonds. The van der Waals surface area contributed by atoms with Crippen LogP contribution in [0.15, 0.2) is 17.1 Å². The van der Waals surface area contributed by atoms with E-state index < -0.39 is 17.2 Å². The Kier molecular flexibility index (Phi) is 4.16. The first kappa shape index (κ1) is 19.4.